The van der Waals surface area contributed by atoms with E-state index in [4.69, 9.17) is 17.0 Å². The molecule has 0 aromatic rings. The first-order valence-electron chi connectivity index (χ1n) is 5.82. The minimum Gasteiger partial charge on any atom is -0.373 e. The Morgan fingerprint density at radius 1 is 1.47 bits per heavy atom. The van der Waals surface area contributed by atoms with Crippen molar-refractivity contribution >= 4 is 17.3 Å². The summed E-state index contributed by atoms with van der Waals surface area (Å²) in [7, 11) is 0. The van der Waals surface area contributed by atoms with Gasteiger partial charge in [-0.3, -0.25) is 0 Å². The zero-order valence-corrected chi connectivity index (χ0v) is 10.6. The van der Waals surface area contributed by atoms with Gasteiger partial charge in [-0.1, -0.05) is 13.3 Å². The molecule has 1 saturated heterocycles. The van der Waals surface area contributed by atoms with Crippen molar-refractivity contribution < 1.29 is 4.74 Å². The normalized spacial score (nSPS) is 25.2. The van der Waals surface area contributed by atoms with Crippen LogP contribution in [0.3, 0.4) is 0 Å². The van der Waals surface area contributed by atoms with Gasteiger partial charge < -0.3 is 15.4 Å². The van der Waals surface area contributed by atoms with E-state index in [9.17, 15) is 0 Å². The highest BCUT2D eigenvalue weighted by Gasteiger charge is 2.29. The molecule has 1 unspecified atom stereocenters. The summed E-state index contributed by atoms with van der Waals surface area (Å²) in [4.78, 5) is 0. The van der Waals surface area contributed by atoms with Gasteiger partial charge in [-0.15, -0.1) is 0 Å². The Hall–Kier alpha value is -0.350. The van der Waals surface area contributed by atoms with Crippen molar-refractivity contribution in [2.75, 3.05) is 19.7 Å². The highest BCUT2D eigenvalue weighted by atomic mass is 32.1. The summed E-state index contributed by atoms with van der Waals surface area (Å²) in [6.45, 7) is 6.96. The maximum atomic E-state index is 5.67. The van der Waals surface area contributed by atoms with Crippen LogP contribution in [0.25, 0.3) is 0 Å². The van der Waals surface area contributed by atoms with E-state index in [0.717, 1.165) is 44.1 Å². The average Bonchev–Trinajstić information content (AvgIpc) is 2.64. The highest BCUT2D eigenvalue weighted by Crippen LogP contribution is 2.23. The predicted octanol–water partition coefficient (Wildman–Crippen LogP) is 1.82. The van der Waals surface area contributed by atoms with Gasteiger partial charge >= 0.3 is 0 Å². The molecule has 0 aromatic carbocycles. The molecule has 0 spiro atoms. The maximum Gasteiger partial charge on any atom is 0.166 e. The third-order valence-electron chi connectivity index (χ3n) is 2.74. The summed E-state index contributed by atoms with van der Waals surface area (Å²) in [5.74, 6) is 0. The fourth-order valence-electron chi connectivity index (χ4n) is 1.68. The minimum absolute atomic E-state index is 0.0174. The highest BCUT2D eigenvalue weighted by molar-refractivity contribution is 7.80. The van der Waals surface area contributed by atoms with E-state index in [1.165, 1.54) is 6.42 Å². The number of unbranched alkanes of at least 4 members (excludes halogenated alkanes) is 1. The van der Waals surface area contributed by atoms with Crippen molar-refractivity contribution in [1.82, 2.24) is 10.6 Å². The van der Waals surface area contributed by atoms with Crippen LogP contribution in [0.1, 0.15) is 39.5 Å². The lowest BCUT2D eigenvalue weighted by Gasteiger charge is -2.24. The largest absolute Gasteiger partial charge is 0.373 e. The van der Waals surface area contributed by atoms with Crippen LogP contribution in [-0.4, -0.2) is 30.4 Å². The minimum atomic E-state index is -0.0174. The molecule has 1 heterocycles. The molecule has 1 aliphatic heterocycles. The SMILES string of the molecule is CCCCNC(=S)NCC1(C)CCCO1. The molecule has 4 heteroatoms. The molecule has 0 saturated carbocycles. The molecule has 1 aliphatic rings. The van der Waals surface area contributed by atoms with Gasteiger partial charge in [0.25, 0.3) is 0 Å². The van der Waals surface area contributed by atoms with E-state index in [2.05, 4.69) is 24.5 Å². The first-order chi connectivity index (χ1) is 7.16. The quantitative estimate of drug-likeness (QED) is 0.557. The van der Waals surface area contributed by atoms with Crippen molar-refractivity contribution in [2.24, 2.45) is 0 Å². The van der Waals surface area contributed by atoms with Gasteiger partial charge in [-0.05, 0) is 38.4 Å². The smallest absolute Gasteiger partial charge is 0.166 e. The van der Waals surface area contributed by atoms with Gasteiger partial charge in [0.1, 0.15) is 0 Å². The molecule has 0 radical (unpaired) electrons. The maximum absolute atomic E-state index is 5.67. The second-order valence-corrected chi connectivity index (χ2v) is 4.77. The Balaban J connectivity index is 2.10. The third kappa shape index (κ3) is 4.80. The van der Waals surface area contributed by atoms with Crippen molar-refractivity contribution in [2.45, 2.75) is 45.1 Å². The predicted molar refractivity (Wildman–Crippen MR) is 67.1 cm³/mol. The van der Waals surface area contributed by atoms with Crippen LogP contribution in [-0.2, 0) is 4.74 Å². The van der Waals surface area contributed by atoms with Gasteiger partial charge in [-0.25, -0.2) is 0 Å². The third-order valence-corrected chi connectivity index (χ3v) is 3.03. The molecule has 15 heavy (non-hydrogen) atoms. The first kappa shape index (κ1) is 12.7. The molecule has 1 fully saturated rings. The number of hydrogen-bond acceptors (Lipinski definition) is 2. The van der Waals surface area contributed by atoms with Gasteiger partial charge in [0.15, 0.2) is 5.11 Å². The molecule has 3 nitrogen and oxygen atoms in total. The molecule has 1 rings (SSSR count). The molecule has 2 N–H and O–H groups in total. The molecule has 0 bridgehead atoms. The zero-order valence-electron chi connectivity index (χ0n) is 9.77. The van der Waals surface area contributed by atoms with Crippen LogP contribution in [0.15, 0.2) is 0 Å². The number of nitrogens with one attached hydrogen (secondary N) is 2. The lowest BCUT2D eigenvalue weighted by atomic mass is 10.0. The average molecular weight is 230 g/mol. The molecular weight excluding hydrogens is 208 g/mol. The Morgan fingerprint density at radius 2 is 2.27 bits per heavy atom. The van der Waals surface area contributed by atoms with Crippen molar-refractivity contribution in [1.29, 1.82) is 0 Å². The fraction of sp³-hybridized carbons (Fsp3) is 0.909. The van der Waals surface area contributed by atoms with Crippen LogP contribution in [0, 0.1) is 0 Å². The van der Waals surface area contributed by atoms with E-state index in [-0.39, 0.29) is 5.60 Å². The Kier molecular flexibility index (Phi) is 5.32. The van der Waals surface area contributed by atoms with Gasteiger partial charge in [0.05, 0.1) is 5.60 Å². The number of hydrogen-bond donors (Lipinski definition) is 2. The number of ether oxygens (including phenoxy) is 1. The lowest BCUT2D eigenvalue weighted by molar-refractivity contribution is 0.0244. The summed E-state index contributed by atoms with van der Waals surface area (Å²) in [5.41, 5.74) is -0.0174. The van der Waals surface area contributed by atoms with Crippen LogP contribution in [0.4, 0.5) is 0 Å². The zero-order chi connectivity index (χ0) is 11.1. The summed E-state index contributed by atoms with van der Waals surface area (Å²) in [6.07, 6.45) is 4.64. The van der Waals surface area contributed by atoms with Crippen molar-refractivity contribution in [3.8, 4) is 0 Å². The van der Waals surface area contributed by atoms with Gasteiger partial charge in [0.2, 0.25) is 0 Å². The molecule has 0 amide bonds. The second-order valence-electron chi connectivity index (χ2n) is 4.36. The Bertz CT molecular complexity index is 203. The standard InChI is InChI=1S/C11H22N2OS/c1-3-4-7-12-10(15)13-9-11(2)6-5-8-14-11/h3-9H2,1-2H3,(H2,12,13,15). The van der Waals surface area contributed by atoms with E-state index in [1.807, 2.05) is 0 Å². The fourth-order valence-corrected chi connectivity index (χ4v) is 1.86. The van der Waals surface area contributed by atoms with Crippen molar-refractivity contribution in [3.63, 3.8) is 0 Å². The van der Waals surface area contributed by atoms with Crippen LogP contribution in [0.2, 0.25) is 0 Å². The Morgan fingerprint density at radius 3 is 2.87 bits per heavy atom. The summed E-state index contributed by atoms with van der Waals surface area (Å²) < 4.78 is 5.67. The first-order valence-corrected chi connectivity index (χ1v) is 6.23. The van der Waals surface area contributed by atoms with E-state index < -0.39 is 0 Å². The molecule has 1 atom stereocenters. The molecular formula is C11H22N2OS. The number of rotatable bonds is 5. The Labute approximate surface area is 98.0 Å². The van der Waals surface area contributed by atoms with Crippen LogP contribution in [0.5, 0.6) is 0 Å². The van der Waals surface area contributed by atoms with Crippen molar-refractivity contribution in [3.05, 3.63) is 0 Å². The summed E-state index contributed by atoms with van der Waals surface area (Å²) >= 11 is 5.17. The van der Waals surface area contributed by atoms with Crippen LogP contribution >= 0.6 is 12.2 Å². The van der Waals surface area contributed by atoms with Gasteiger partial charge in [-0.2, -0.15) is 0 Å². The van der Waals surface area contributed by atoms with E-state index >= 15 is 0 Å². The number of thiocarbonyl (C=S) groups is 1. The van der Waals surface area contributed by atoms with Crippen LogP contribution < -0.4 is 10.6 Å². The van der Waals surface area contributed by atoms with Gasteiger partial charge in [0, 0.05) is 19.7 Å². The summed E-state index contributed by atoms with van der Waals surface area (Å²) in [5, 5.41) is 7.16. The molecule has 0 aromatic heterocycles. The lowest BCUT2D eigenvalue weighted by Crippen LogP contribution is -2.44. The summed E-state index contributed by atoms with van der Waals surface area (Å²) in [6, 6.07) is 0. The van der Waals surface area contributed by atoms with E-state index in [1.54, 1.807) is 0 Å². The second kappa shape index (κ2) is 6.28. The topological polar surface area (TPSA) is 33.3 Å². The molecule has 88 valence electrons. The monoisotopic (exact) mass is 230 g/mol. The van der Waals surface area contributed by atoms with E-state index in [0.29, 0.717) is 0 Å². The molecule has 0 aliphatic carbocycles.